The molecule has 0 bridgehead atoms. The molecule has 8 heavy (non-hydrogen) atoms. The fraction of sp³-hybridized carbons (Fsp3) is 0.833. The third-order valence-electron chi connectivity index (χ3n) is 0.297. The van der Waals surface area contributed by atoms with Crippen LogP contribution < -0.4 is 0 Å². The van der Waals surface area contributed by atoms with Crippen LogP contribution in [0.3, 0.4) is 0 Å². The molecule has 2 nitrogen and oxygen atoms in total. The maximum atomic E-state index is 10.8. The molecule has 0 atom stereocenters. The van der Waals surface area contributed by atoms with Crippen molar-refractivity contribution in [2.24, 2.45) is 0 Å². The molecule has 0 spiro atoms. The molecule has 0 unspecified atom stereocenters. The summed E-state index contributed by atoms with van der Waals surface area (Å²) in [5.41, 5.74) is -3.52. The van der Waals surface area contributed by atoms with Crippen molar-refractivity contribution in [2.75, 3.05) is 0 Å². The summed E-state index contributed by atoms with van der Waals surface area (Å²) in [5, 5.41) is 0. The number of ether oxygens (including phenoxy) is 1. The van der Waals surface area contributed by atoms with Gasteiger partial charge in [0.05, 0.1) is 0 Å². The minimum absolute atomic E-state index is 0.748. The molecular weight excluding hydrogens is 104 g/mol. The number of rotatable bonds is 0. The Kier molecular flexibility index (Phi) is 0.353. The van der Waals surface area contributed by atoms with Crippen LogP contribution >= 0.6 is 0 Å². The molecule has 0 saturated carbocycles. The Morgan fingerprint density at radius 2 is 2.12 bits per heavy atom. The third kappa shape index (κ3) is 5.47. The zero-order chi connectivity index (χ0) is 14.3. The predicted octanol–water partition coefficient (Wildman–Crippen LogP) is 1.35. The van der Waals surface area contributed by atoms with Crippen molar-refractivity contribution in [3.63, 3.8) is 0 Å². The molecule has 0 amide bonds. The summed E-state index contributed by atoms with van der Waals surface area (Å²) >= 11 is 0. The van der Waals surface area contributed by atoms with Gasteiger partial charge in [0.1, 0.15) is 5.60 Å². The van der Waals surface area contributed by atoms with Crippen molar-refractivity contribution < 1.29 is 21.9 Å². The molecule has 48 valence electrons. The highest BCUT2D eigenvalue weighted by Gasteiger charge is 2.11. The van der Waals surface area contributed by atoms with Crippen LogP contribution in [0.5, 0.6) is 0 Å². The first-order valence-electron chi connectivity index (χ1n) is 6.36. The van der Waals surface area contributed by atoms with Gasteiger partial charge in [-0.25, -0.2) is 0 Å². The number of hydrogen-bond acceptors (Lipinski definition) is 2. The molecule has 0 heterocycles. The van der Waals surface area contributed by atoms with Crippen molar-refractivity contribution in [2.45, 2.75) is 33.1 Å². The first-order chi connectivity index (χ1) is 7.17. The first-order valence-corrected chi connectivity index (χ1v) is 1.86. The average Bonchev–Trinajstić information content (AvgIpc) is 1.91. The van der Waals surface area contributed by atoms with Crippen LogP contribution in [0.2, 0.25) is 0 Å². The summed E-state index contributed by atoms with van der Waals surface area (Å²) in [7, 11) is 0. The van der Waals surface area contributed by atoms with Crippen LogP contribution in [0.25, 0.3) is 0 Å². The largest absolute Gasteiger partial charge is 0.460 e. The average molecular weight is 125 g/mol. The topological polar surface area (TPSA) is 26.3 Å². The van der Waals surface area contributed by atoms with Gasteiger partial charge in [-0.15, -0.1) is 0 Å². The molecule has 2 heteroatoms. The van der Waals surface area contributed by atoms with Gasteiger partial charge in [0.15, 0.2) is 0 Å². The Hall–Kier alpha value is -0.530. The van der Waals surface area contributed by atoms with E-state index in [0.29, 0.717) is 0 Å². The molecule has 0 aromatic rings. The summed E-state index contributed by atoms with van der Waals surface area (Å²) in [6, 6.07) is 0. The maximum Gasteiger partial charge on any atom is 0.303 e. The molecular formula is C6H12O2. The minimum atomic E-state index is -3.52. The normalized spacial score (nSPS) is 32.4. The fourth-order valence-corrected chi connectivity index (χ4v) is 0.216. The summed E-state index contributed by atoms with van der Waals surface area (Å²) in [4.78, 5) is 10.8. The highest BCUT2D eigenvalue weighted by Crippen LogP contribution is 2.05. The lowest BCUT2D eigenvalue weighted by atomic mass is 10.2. The van der Waals surface area contributed by atoms with E-state index in [2.05, 4.69) is 4.74 Å². The van der Waals surface area contributed by atoms with Gasteiger partial charge in [-0.05, 0) is 20.6 Å². The van der Waals surface area contributed by atoms with Gasteiger partial charge in [-0.3, -0.25) is 4.79 Å². The molecule has 0 aromatic heterocycles. The molecule has 0 rings (SSSR count). The highest BCUT2D eigenvalue weighted by molar-refractivity contribution is 5.66. The van der Waals surface area contributed by atoms with Crippen molar-refractivity contribution >= 4 is 5.97 Å². The number of hydrogen-bond donors (Lipinski definition) is 0. The van der Waals surface area contributed by atoms with Gasteiger partial charge in [0.25, 0.3) is 0 Å². The van der Waals surface area contributed by atoms with Gasteiger partial charge in [0, 0.05) is 19.3 Å². The fourth-order valence-electron chi connectivity index (χ4n) is 0.216. The number of carbonyl (C=O) groups excluding carboxylic acids is 1. The third-order valence-corrected chi connectivity index (χ3v) is 0.297. The van der Waals surface area contributed by atoms with E-state index in [9.17, 15) is 4.79 Å². The Bertz CT molecular complexity index is 260. The quantitative estimate of drug-likeness (QED) is 0.457. The molecule has 0 fully saturated rings. The van der Waals surface area contributed by atoms with Crippen molar-refractivity contribution in [1.29, 1.82) is 0 Å². The lowest BCUT2D eigenvalue weighted by Gasteiger charge is -2.17. The standard InChI is InChI=1S/C6H12O2/c1-5(7)8-6(2,3)4/h1-4H3/i2D3,3D3,4D3. The van der Waals surface area contributed by atoms with Gasteiger partial charge in [-0.1, -0.05) is 0 Å². The summed E-state index contributed by atoms with van der Waals surface area (Å²) in [6.07, 6.45) is 0. The number of esters is 1. The van der Waals surface area contributed by atoms with E-state index in [1.165, 1.54) is 0 Å². The van der Waals surface area contributed by atoms with Crippen LogP contribution in [-0.4, -0.2) is 11.6 Å². The summed E-state index contributed by atoms with van der Waals surface area (Å²) in [5.74, 6) is -1.28. The van der Waals surface area contributed by atoms with Crippen LogP contribution in [0.1, 0.15) is 39.8 Å². The van der Waals surface area contributed by atoms with E-state index in [0.717, 1.165) is 6.92 Å². The van der Waals surface area contributed by atoms with E-state index in [1.54, 1.807) is 0 Å². The second-order valence-corrected chi connectivity index (χ2v) is 1.27. The summed E-state index contributed by atoms with van der Waals surface area (Å²) < 4.78 is 67.9. The Balaban J connectivity index is 6.02. The second-order valence-electron chi connectivity index (χ2n) is 1.27. The minimum Gasteiger partial charge on any atom is -0.460 e. The molecule has 0 aromatic carbocycles. The Morgan fingerprint density at radius 1 is 1.62 bits per heavy atom. The zero-order valence-electron chi connectivity index (χ0n) is 13.3. The lowest BCUT2D eigenvalue weighted by molar-refractivity contribution is -0.151. The Morgan fingerprint density at radius 3 is 2.25 bits per heavy atom. The highest BCUT2D eigenvalue weighted by atomic mass is 16.6. The Labute approximate surface area is 62.5 Å². The van der Waals surface area contributed by atoms with Crippen LogP contribution in [-0.2, 0) is 9.53 Å². The zero-order valence-corrected chi connectivity index (χ0v) is 4.32. The first kappa shape index (κ1) is 1.31. The van der Waals surface area contributed by atoms with Crippen molar-refractivity contribution in [3.8, 4) is 0 Å². The van der Waals surface area contributed by atoms with Gasteiger partial charge in [0.2, 0.25) is 0 Å². The van der Waals surface area contributed by atoms with Crippen molar-refractivity contribution in [1.82, 2.24) is 0 Å². The van der Waals surface area contributed by atoms with Gasteiger partial charge < -0.3 is 4.74 Å². The van der Waals surface area contributed by atoms with E-state index in [-0.39, 0.29) is 0 Å². The predicted molar refractivity (Wildman–Crippen MR) is 31.5 cm³/mol. The summed E-state index contributed by atoms with van der Waals surface area (Å²) in [6.45, 7) is -9.77. The molecule has 0 aliphatic heterocycles. The molecule has 0 radical (unpaired) electrons. The van der Waals surface area contributed by atoms with Crippen LogP contribution in [0.15, 0.2) is 0 Å². The van der Waals surface area contributed by atoms with E-state index in [4.69, 9.17) is 12.3 Å². The molecule has 0 saturated heterocycles. The lowest BCUT2D eigenvalue weighted by Crippen LogP contribution is -2.21. The van der Waals surface area contributed by atoms with Gasteiger partial charge in [-0.2, -0.15) is 0 Å². The SMILES string of the molecule is [2H]C([2H])([2H])C(OC(C)=O)(C([2H])([2H])[2H])C([2H])([2H])[2H]. The van der Waals surface area contributed by atoms with Crippen LogP contribution in [0, 0.1) is 0 Å². The smallest absolute Gasteiger partial charge is 0.303 e. The van der Waals surface area contributed by atoms with E-state index >= 15 is 0 Å². The maximum absolute atomic E-state index is 10.8. The van der Waals surface area contributed by atoms with E-state index < -0.39 is 32.1 Å². The molecule has 0 aliphatic rings. The monoisotopic (exact) mass is 125 g/mol. The number of carbonyl (C=O) groups is 1. The molecule has 0 N–H and O–H groups in total. The molecule has 0 aliphatic carbocycles. The van der Waals surface area contributed by atoms with Crippen LogP contribution in [0.4, 0.5) is 0 Å². The van der Waals surface area contributed by atoms with Gasteiger partial charge >= 0.3 is 5.97 Å². The van der Waals surface area contributed by atoms with E-state index in [1.807, 2.05) is 0 Å². The van der Waals surface area contributed by atoms with Crippen molar-refractivity contribution in [3.05, 3.63) is 0 Å². The second kappa shape index (κ2) is 2.16.